The van der Waals surface area contributed by atoms with E-state index in [2.05, 4.69) is 20.3 Å². The molecule has 4 rings (SSSR count). The molecule has 166 valence electrons. The Morgan fingerprint density at radius 2 is 1.97 bits per heavy atom. The van der Waals surface area contributed by atoms with Crippen LogP contribution in [0.25, 0.3) is 0 Å². The summed E-state index contributed by atoms with van der Waals surface area (Å²) in [6.45, 7) is 1.92. The minimum absolute atomic E-state index is 0.0792. The first-order valence-corrected chi connectivity index (χ1v) is 10.3. The van der Waals surface area contributed by atoms with Gasteiger partial charge in [-0.15, -0.1) is 0 Å². The Bertz CT molecular complexity index is 1040. The molecule has 0 aliphatic carbocycles. The molecule has 1 amide bonds. The van der Waals surface area contributed by atoms with Gasteiger partial charge in [0.15, 0.2) is 0 Å². The number of aromatic nitrogens is 3. The molecule has 1 saturated heterocycles. The van der Waals surface area contributed by atoms with Gasteiger partial charge in [-0.25, -0.2) is 18.7 Å². The molecule has 0 saturated carbocycles. The van der Waals surface area contributed by atoms with Crippen LogP contribution in [-0.4, -0.2) is 50.8 Å². The zero-order valence-corrected chi connectivity index (χ0v) is 17.5. The lowest BCUT2D eigenvalue weighted by Crippen LogP contribution is -2.52. The van der Waals surface area contributed by atoms with Gasteiger partial charge in [-0.2, -0.15) is 0 Å². The van der Waals surface area contributed by atoms with E-state index in [-0.39, 0.29) is 25.4 Å². The summed E-state index contributed by atoms with van der Waals surface area (Å²) in [5.74, 6) is -2.87. The molecule has 0 unspecified atom stereocenters. The van der Waals surface area contributed by atoms with Gasteiger partial charge in [0.05, 0.1) is 18.2 Å². The SMILES string of the molecule is C[C@@H](C(=O)Nc1ccc(Oc2ccccn2)cn1)N1CCC(F)(F)[C@@H](c2ccncc2)C1. The van der Waals surface area contributed by atoms with E-state index in [1.54, 1.807) is 60.5 Å². The van der Waals surface area contributed by atoms with Crippen LogP contribution in [-0.2, 0) is 4.79 Å². The lowest BCUT2D eigenvalue weighted by Gasteiger charge is -2.40. The molecule has 1 aliphatic rings. The maximum atomic E-state index is 14.6. The van der Waals surface area contributed by atoms with Crippen molar-refractivity contribution in [3.05, 3.63) is 72.8 Å². The van der Waals surface area contributed by atoms with E-state index >= 15 is 0 Å². The summed E-state index contributed by atoms with van der Waals surface area (Å²) in [6.07, 6.45) is 5.81. The van der Waals surface area contributed by atoms with Crippen molar-refractivity contribution in [2.45, 2.75) is 31.2 Å². The van der Waals surface area contributed by atoms with Crippen LogP contribution in [0.15, 0.2) is 67.3 Å². The van der Waals surface area contributed by atoms with Crippen LogP contribution in [0, 0.1) is 0 Å². The van der Waals surface area contributed by atoms with Gasteiger partial charge in [0.25, 0.3) is 5.92 Å². The van der Waals surface area contributed by atoms with E-state index in [1.807, 2.05) is 0 Å². The highest BCUT2D eigenvalue weighted by molar-refractivity contribution is 5.93. The number of nitrogens with zero attached hydrogens (tertiary/aromatic N) is 4. The van der Waals surface area contributed by atoms with Gasteiger partial charge in [-0.3, -0.25) is 14.7 Å². The summed E-state index contributed by atoms with van der Waals surface area (Å²) in [7, 11) is 0. The Balaban J connectivity index is 1.38. The molecule has 32 heavy (non-hydrogen) atoms. The minimum atomic E-state index is -2.83. The van der Waals surface area contributed by atoms with E-state index < -0.39 is 17.9 Å². The molecule has 1 fully saturated rings. The van der Waals surface area contributed by atoms with Crippen LogP contribution in [0.1, 0.15) is 24.8 Å². The number of piperidine rings is 1. The number of carbonyl (C=O) groups excluding carboxylic acids is 1. The first kappa shape index (κ1) is 21.8. The van der Waals surface area contributed by atoms with Gasteiger partial charge < -0.3 is 10.1 Å². The Hall–Kier alpha value is -3.46. The number of amides is 1. The Labute approximate surface area is 184 Å². The van der Waals surface area contributed by atoms with Crippen molar-refractivity contribution in [1.29, 1.82) is 0 Å². The smallest absolute Gasteiger partial charge is 0.257 e. The van der Waals surface area contributed by atoms with Crippen molar-refractivity contribution in [1.82, 2.24) is 19.9 Å². The fourth-order valence-corrected chi connectivity index (χ4v) is 3.66. The number of anilines is 1. The molecule has 0 spiro atoms. The number of likely N-dealkylation sites (tertiary alicyclic amines) is 1. The van der Waals surface area contributed by atoms with Crippen molar-refractivity contribution < 1.29 is 18.3 Å². The van der Waals surface area contributed by atoms with Crippen LogP contribution in [0.4, 0.5) is 14.6 Å². The Morgan fingerprint density at radius 1 is 1.16 bits per heavy atom. The van der Waals surface area contributed by atoms with E-state index in [9.17, 15) is 13.6 Å². The molecule has 7 nitrogen and oxygen atoms in total. The van der Waals surface area contributed by atoms with Crippen molar-refractivity contribution >= 4 is 11.7 Å². The van der Waals surface area contributed by atoms with Crippen LogP contribution in [0.5, 0.6) is 11.6 Å². The first-order chi connectivity index (χ1) is 15.4. The van der Waals surface area contributed by atoms with Crippen molar-refractivity contribution in [2.75, 3.05) is 18.4 Å². The maximum absolute atomic E-state index is 14.6. The van der Waals surface area contributed by atoms with E-state index in [0.717, 1.165) is 0 Å². The van der Waals surface area contributed by atoms with Crippen LogP contribution in [0.3, 0.4) is 0 Å². The fraction of sp³-hybridized carbons (Fsp3) is 0.304. The molecule has 3 aromatic heterocycles. The van der Waals surface area contributed by atoms with Crippen LogP contribution < -0.4 is 10.1 Å². The largest absolute Gasteiger partial charge is 0.437 e. The minimum Gasteiger partial charge on any atom is -0.437 e. The predicted octanol–water partition coefficient (Wildman–Crippen LogP) is 4.12. The number of carbonyl (C=O) groups is 1. The van der Waals surface area contributed by atoms with Gasteiger partial charge in [-0.1, -0.05) is 6.07 Å². The number of hydrogen-bond donors (Lipinski definition) is 1. The topological polar surface area (TPSA) is 80.2 Å². The third-order valence-electron chi connectivity index (χ3n) is 5.54. The quantitative estimate of drug-likeness (QED) is 0.623. The summed E-state index contributed by atoms with van der Waals surface area (Å²) in [5.41, 5.74) is 0.521. The normalized spacial score (nSPS) is 19.2. The molecule has 0 radical (unpaired) electrons. The van der Waals surface area contributed by atoms with E-state index in [0.29, 0.717) is 23.0 Å². The molecule has 1 aliphatic heterocycles. The summed E-state index contributed by atoms with van der Waals surface area (Å²) < 4.78 is 34.7. The summed E-state index contributed by atoms with van der Waals surface area (Å²) in [5, 5.41) is 2.75. The zero-order valence-electron chi connectivity index (χ0n) is 17.5. The standard InChI is InChI=1S/C23H23F2N5O2/c1-16(30-13-9-23(24,25)19(15-30)17-7-11-26-12-8-17)22(31)29-20-6-5-18(14-28-20)32-21-4-2-3-10-27-21/h2-8,10-12,14,16,19H,9,13,15H2,1H3,(H,28,29,31)/t16-,19+/m0/s1. The molecule has 9 heteroatoms. The van der Waals surface area contributed by atoms with Gasteiger partial charge >= 0.3 is 0 Å². The molecule has 0 bridgehead atoms. The lowest BCUT2D eigenvalue weighted by molar-refractivity contribution is -0.125. The average Bonchev–Trinajstić information content (AvgIpc) is 2.81. The van der Waals surface area contributed by atoms with Gasteiger partial charge in [-0.05, 0) is 42.8 Å². The molecule has 4 heterocycles. The molecular formula is C23H23F2N5O2. The number of nitrogens with one attached hydrogen (secondary N) is 1. The summed E-state index contributed by atoms with van der Waals surface area (Å²) >= 11 is 0. The zero-order chi connectivity index (χ0) is 22.6. The molecule has 1 N–H and O–H groups in total. The van der Waals surface area contributed by atoms with Gasteiger partial charge in [0.2, 0.25) is 11.8 Å². The van der Waals surface area contributed by atoms with Crippen LogP contribution in [0.2, 0.25) is 0 Å². The highest BCUT2D eigenvalue weighted by atomic mass is 19.3. The predicted molar refractivity (Wildman–Crippen MR) is 115 cm³/mol. The first-order valence-electron chi connectivity index (χ1n) is 10.3. The second kappa shape index (κ2) is 9.35. The third kappa shape index (κ3) is 5.05. The van der Waals surface area contributed by atoms with Crippen LogP contribution >= 0.6 is 0 Å². The molecule has 2 atom stereocenters. The maximum Gasteiger partial charge on any atom is 0.257 e. The number of halogens is 2. The second-order valence-electron chi connectivity index (χ2n) is 7.65. The number of rotatable bonds is 6. The second-order valence-corrected chi connectivity index (χ2v) is 7.65. The Kier molecular flexibility index (Phi) is 6.36. The number of alkyl halides is 2. The van der Waals surface area contributed by atoms with Gasteiger partial charge in [0.1, 0.15) is 11.6 Å². The Morgan fingerprint density at radius 3 is 2.66 bits per heavy atom. The van der Waals surface area contributed by atoms with Crippen molar-refractivity contribution in [2.24, 2.45) is 0 Å². The molecule has 0 aromatic carbocycles. The monoisotopic (exact) mass is 439 g/mol. The summed E-state index contributed by atoms with van der Waals surface area (Å²) in [4.78, 5) is 26.7. The molecule has 3 aromatic rings. The number of hydrogen-bond acceptors (Lipinski definition) is 6. The van der Waals surface area contributed by atoms with Crippen molar-refractivity contribution in [3.8, 4) is 11.6 Å². The lowest BCUT2D eigenvalue weighted by atomic mass is 9.87. The van der Waals surface area contributed by atoms with Crippen molar-refractivity contribution in [3.63, 3.8) is 0 Å². The number of ether oxygens (including phenoxy) is 1. The van der Waals surface area contributed by atoms with Gasteiger partial charge in [0, 0.05) is 44.2 Å². The number of pyridine rings is 3. The highest BCUT2D eigenvalue weighted by Gasteiger charge is 2.46. The summed E-state index contributed by atoms with van der Waals surface area (Å²) in [6, 6.07) is 11.2. The third-order valence-corrected chi connectivity index (χ3v) is 5.54. The van der Waals surface area contributed by atoms with E-state index in [1.165, 1.54) is 18.6 Å². The fourth-order valence-electron chi connectivity index (χ4n) is 3.66. The molecular weight excluding hydrogens is 416 g/mol. The highest BCUT2D eigenvalue weighted by Crippen LogP contribution is 2.40. The van der Waals surface area contributed by atoms with E-state index in [4.69, 9.17) is 4.74 Å². The average molecular weight is 439 g/mol.